The molecule has 14 heavy (non-hydrogen) atoms. The third-order valence-corrected chi connectivity index (χ3v) is 6.89. The molecule has 0 radical (unpaired) electrons. The summed E-state index contributed by atoms with van der Waals surface area (Å²) in [6.07, 6.45) is 2.70. The van der Waals surface area contributed by atoms with E-state index in [2.05, 4.69) is 6.92 Å². The van der Waals surface area contributed by atoms with Crippen LogP contribution in [0.4, 0.5) is 0 Å². The second-order valence-corrected chi connectivity index (χ2v) is 6.26. The summed E-state index contributed by atoms with van der Waals surface area (Å²) in [5, 5.41) is 9.28. The standard InChI is InChI=1S/C12H14O2/c1-2-3-11-4-7-5(11)9-6(11)8(4)12(7,9)10(13)14/h4-9H,2-3H2,1H3,(H,13,14). The Balaban J connectivity index is 1.57. The molecule has 2 nitrogen and oxygen atoms in total. The molecule has 2 heteroatoms. The Labute approximate surface area is 82.7 Å². The van der Waals surface area contributed by atoms with E-state index >= 15 is 0 Å². The number of aliphatic carboxylic acids is 1. The molecule has 0 aromatic carbocycles. The Morgan fingerprint density at radius 1 is 1.14 bits per heavy atom. The summed E-state index contributed by atoms with van der Waals surface area (Å²) in [5.74, 6) is 4.10. The number of rotatable bonds is 3. The summed E-state index contributed by atoms with van der Waals surface area (Å²) in [6, 6.07) is 0. The fraction of sp³-hybridized carbons (Fsp3) is 0.917. The van der Waals surface area contributed by atoms with Crippen LogP contribution in [0.3, 0.4) is 0 Å². The fourth-order valence-electron chi connectivity index (χ4n) is 7.11. The molecular formula is C12H14O2. The van der Waals surface area contributed by atoms with Crippen molar-refractivity contribution in [3.8, 4) is 0 Å². The van der Waals surface area contributed by atoms with E-state index in [-0.39, 0.29) is 5.41 Å². The quantitative estimate of drug-likeness (QED) is 0.734. The van der Waals surface area contributed by atoms with Crippen LogP contribution in [-0.2, 0) is 4.79 Å². The molecule has 0 spiro atoms. The molecule has 0 aliphatic heterocycles. The molecule has 0 saturated heterocycles. The predicted octanol–water partition coefficient (Wildman–Crippen LogP) is 1.61. The Hall–Kier alpha value is -0.530. The Morgan fingerprint density at radius 3 is 2.00 bits per heavy atom. The van der Waals surface area contributed by atoms with Crippen molar-refractivity contribution in [2.24, 2.45) is 46.3 Å². The van der Waals surface area contributed by atoms with E-state index in [9.17, 15) is 9.90 Å². The first-order valence-corrected chi connectivity index (χ1v) is 5.97. The van der Waals surface area contributed by atoms with Crippen molar-refractivity contribution in [2.45, 2.75) is 19.8 Å². The highest BCUT2D eigenvalue weighted by Gasteiger charge is 3.11. The second-order valence-electron chi connectivity index (χ2n) is 6.26. The molecule has 6 rings (SSSR count). The van der Waals surface area contributed by atoms with Crippen molar-refractivity contribution in [1.29, 1.82) is 0 Å². The highest BCUT2D eigenvalue weighted by atomic mass is 16.4. The maximum atomic E-state index is 11.2. The van der Waals surface area contributed by atoms with Gasteiger partial charge in [0.2, 0.25) is 0 Å². The summed E-state index contributed by atoms with van der Waals surface area (Å²) >= 11 is 0. The predicted molar refractivity (Wildman–Crippen MR) is 48.3 cm³/mol. The van der Waals surface area contributed by atoms with Crippen LogP contribution >= 0.6 is 0 Å². The fourth-order valence-corrected chi connectivity index (χ4v) is 7.11. The lowest BCUT2D eigenvalue weighted by atomic mass is 8.92. The minimum absolute atomic E-state index is 0.143. The molecule has 0 bridgehead atoms. The summed E-state index contributed by atoms with van der Waals surface area (Å²) < 4.78 is 0. The van der Waals surface area contributed by atoms with Crippen molar-refractivity contribution in [3.63, 3.8) is 0 Å². The molecule has 0 heterocycles. The van der Waals surface area contributed by atoms with Crippen LogP contribution in [0.1, 0.15) is 19.8 Å². The topological polar surface area (TPSA) is 37.3 Å². The number of hydrogen-bond acceptors (Lipinski definition) is 1. The number of carboxylic acid groups (broad SMARTS) is 1. The first-order valence-electron chi connectivity index (χ1n) is 5.97. The van der Waals surface area contributed by atoms with Crippen LogP contribution in [0.25, 0.3) is 0 Å². The van der Waals surface area contributed by atoms with E-state index in [0.29, 0.717) is 23.2 Å². The second kappa shape index (κ2) is 1.38. The van der Waals surface area contributed by atoms with Gasteiger partial charge in [0.25, 0.3) is 0 Å². The van der Waals surface area contributed by atoms with Gasteiger partial charge in [-0.05, 0) is 47.3 Å². The first kappa shape index (κ1) is 6.86. The van der Waals surface area contributed by atoms with Crippen molar-refractivity contribution < 1.29 is 9.90 Å². The van der Waals surface area contributed by atoms with Gasteiger partial charge >= 0.3 is 5.97 Å². The lowest BCUT2D eigenvalue weighted by Crippen LogP contribution is -3.10. The van der Waals surface area contributed by atoms with Crippen LogP contribution in [0.2, 0.25) is 0 Å². The van der Waals surface area contributed by atoms with E-state index in [0.717, 1.165) is 17.8 Å². The van der Waals surface area contributed by atoms with E-state index in [1.807, 2.05) is 0 Å². The molecule has 0 unspecified atom stereocenters. The first-order chi connectivity index (χ1) is 6.74. The van der Waals surface area contributed by atoms with Gasteiger partial charge in [0.1, 0.15) is 0 Å². The van der Waals surface area contributed by atoms with E-state index in [1.54, 1.807) is 0 Å². The highest BCUT2D eigenvalue weighted by Crippen LogP contribution is 3.10. The number of carbonyl (C=O) groups is 1. The minimum atomic E-state index is -0.453. The van der Waals surface area contributed by atoms with Crippen molar-refractivity contribution >= 4 is 5.97 Å². The molecule has 0 amide bonds. The van der Waals surface area contributed by atoms with Gasteiger partial charge in [-0.3, -0.25) is 4.79 Å². The SMILES string of the molecule is CCCC12C3C4C1C1C2C3C41C(=O)O. The lowest BCUT2D eigenvalue weighted by Gasteiger charge is -3.10. The maximum Gasteiger partial charge on any atom is 0.310 e. The van der Waals surface area contributed by atoms with Gasteiger partial charge in [-0.1, -0.05) is 13.3 Å². The zero-order valence-corrected chi connectivity index (χ0v) is 8.23. The van der Waals surface area contributed by atoms with Gasteiger partial charge in [-0.25, -0.2) is 0 Å². The smallest absolute Gasteiger partial charge is 0.310 e. The van der Waals surface area contributed by atoms with Gasteiger partial charge in [0, 0.05) is 0 Å². The van der Waals surface area contributed by atoms with E-state index in [1.165, 1.54) is 12.8 Å². The molecule has 6 saturated carbocycles. The van der Waals surface area contributed by atoms with Gasteiger partial charge in [-0.15, -0.1) is 0 Å². The largest absolute Gasteiger partial charge is 0.481 e. The number of carboxylic acids is 1. The monoisotopic (exact) mass is 190 g/mol. The Kier molecular flexibility index (Phi) is 0.677. The summed E-state index contributed by atoms with van der Waals surface area (Å²) in [5.41, 5.74) is 0.571. The molecule has 0 atom stereocenters. The van der Waals surface area contributed by atoms with Crippen molar-refractivity contribution in [3.05, 3.63) is 0 Å². The van der Waals surface area contributed by atoms with Gasteiger partial charge in [0.05, 0.1) is 5.41 Å². The maximum absolute atomic E-state index is 11.2. The summed E-state index contributed by atoms with van der Waals surface area (Å²) in [4.78, 5) is 11.2. The van der Waals surface area contributed by atoms with Crippen LogP contribution in [0.5, 0.6) is 0 Å². The van der Waals surface area contributed by atoms with Gasteiger partial charge in [-0.2, -0.15) is 0 Å². The van der Waals surface area contributed by atoms with Gasteiger partial charge < -0.3 is 5.11 Å². The zero-order chi connectivity index (χ0) is 9.46. The average molecular weight is 190 g/mol. The van der Waals surface area contributed by atoms with Gasteiger partial charge in [0.15, 0.2) is 0 Å². The van der Waals surface area contributed by atoms with Crippen molar-refractivity contribution in [2.75, 3.05) is 0 Å². The zero-order valence-electron chi connectivity index (χ0n) is 8.23. The molecule has 1 N–H and O–H groups in total. The average Bonchev–Trinajstić information content (AvgIpc) is 2.18. The molecule has 6 aliphatic carbocycles. The normalized spacial score (nSPS) is 77.2. The van der Waals surface area contributed by atoms with Crippen LogP contribution in [-0.4, -0.2) is 11.1 Å². The van der Waals surface area contributed by atoms with Crippen LogP contribution in [0.15, 0.2) is 0 Å². The molecule has 0 aromatic rings. The number of hydrogen-bond donors (Lipinski definition) is 1. The molecule has 0 aromatic heterocycles. The van der Waals surface area contributed by atoms with Crippen LogP contribution < -0.4 is 0 Å². The Morgan fingerprint density at radius 2 is 1.64 bits per heavy atom. The molecule has 6 aliphatic rings. The lowest BCUT2D eigenvalue weighted by molar-refractivity contribution is -0.644. The highest BCUT2D eigenvalue weighted by molar-refractivity contribution is 5.86. The van der Waals surface area contributed by atoms with E-state index < -0.39 is 5.97 Å². The molecule has 74 valence electrons. The Bertz CT molecular complexity index is 344. The molecule has 6 fully saturated rings. The third-order valence-electron chi connectivity index (χ3n) is 6.89. The summed E-state index contributed by atoms with van der Waals surface area (Å²) in [7, 11) is 0. The van der Waals surface area contributed by atoms with Crippen molar-refractivity contribution in [1.82, 2.24) is 0 Å². The van der Waals surface area contributed by atoms with Crippen LogP contribution in [0, 0.1) is 46.3 Å². The molecular weight excluding hydrogens is 176 g/mol. The van der Waals surface area contributed by atoms with E-state index in [4.69, 9.17) is 0 Å². The third kappa shape index (κ3) is 0.261. The summed E-state index contributed by atoms with van der Waals surface area (Å²) in [6.45, 7) is 2.27. The minimum Gasteiger partial charge on any atom is -0.481 e.